The maximum atomic E-state index is 13.2. The van der Waals surface area contributed by atoms with Gasteiger partial charge in [0.05, 0.1) is 42.9 Å². The number of likely N-dealkylation sites (tertiary alicyclic amines) is 1. The zero-order valence-electron chi connectivity index (χ0n) is 19.7. The summed E-state index contributed by atoms with van der Waals surface area (Å²) in [6.45, 7) is 12.3. The first-order valence-electron chi connectivity index (χ1n) is 11.8. The number of carbonyl (C=O) groups excluding carboxylic acids is 2. The van der Waals surface area contributed by atoms with Crippen LogP contribution in [0.1, 0.15) is 35.5 Å². The standard InChI is InChI=1S/C23H33N5O4S/c1-15-10-16(2)12-27(11-15)18(29)13-28-14-25-22-19(23(28)31)17(3)20(33-22)21(30)24-4-5-26-6-8-32-9-7-26/h14-16H,4-13H2,1-3H3,(H,24,30)/p+1. The molecule has 0 bridgehead atoms. The molecule has 2 aromatic rings. The Morgan fingerprint density at radius 1 is 1.24 bits per heavy atom. The third-order valence-electron chi connectivity index (χ3n) is 6.61. The van der Waals surface area contributed by atoms with Gasteiger partial charge in [0.2, 0.25) is 5.91 Å². The van der Waals surface area contributed by atoms with Crippen LogP contribution < -0.4 is 15.8 Å². The largest absolute Gasteiger partial charge is 0.370 e. The average Bonchev–Trinajstić information content (AvgIpc) is 3.13. The highest BCUT2D eigenvalue weighted by Crippen LogP contribution is 2.27. The van der Waals surface area contributed by atoms with Crippen molar-refractivity contribution < 1.29 is 19.2 Å². The van der Waals surface area contributed by atoms with Crippen LogP contribution >= 0.6 is 11.3 Å². The van der Waals surface area contributed by atoms with Crippen molar-refractivity contribution in [2.45, 2.75) is 33.7 Å². The summed E-state index contributed by atoms with van der Waals surface area (Å²) in [5.74, 6) is 0.676. The second-order valence-corrected chi connectivity index (χ2v) is 10.5. The number of amides is 2. The van der Waals surface area contributed by atoms with Gasteiger partial charge in [-0.3, -0.25) is 19.0 Å². The number of thiophene rings is 1. The summed E-state index contributed by atoms with van der Waals surface area (Å²) >= 11 is 1.23. The van der Waals surface area contributed by atoms with Crippen molar-refractivity contribution in [3.8, 4) is 0 Å². The Labute approximate surface area is 197 Å². The van der Waals surface area contributed by atoms with Crippen molar-refractivity contribution in [1.29, 1.82) is 0 Å². The monoisotopic (exact) mass is 476 g/mol. The van der Waals surface area contributed by atoms with Gasteiger partial charge < -0.3 is 19.9 Å². The molecule has 2 amide bonds. The number of aromatic nitrogens is 2. The molecule has 0 saturated carbocycles. The number of morpholine rings is 1. The van der Waals surface area contributed by atoms with E-state index in [1.165, 1.54) is 27.1 Å². The lowest BCUT2D eigenvalue weighted by Gasteiger charge is -2.35. The molecule has 2 unspecified atom stereocenters. The zero-order valence-corrected chi connectivity index (χ0v) is 20.5. The number of ether oxygens (including phenoxy) is 1. The maximum Gasteiger partial charge on any atom is 0.262 e. The molecule has 2 saturated heterocycles. The highest BCUT2D eigenvalue weighted by molar-refractivity contribution is 7.20. The molecule has 0 spiro atoms. The molecule has 10 heteroatoms. The van der Waals surface area contributed by atoms with E-state index in [2.05, 4.69) is 24.1 Å². The van der Waals surface area contributed by atoms with Gasteiger partial charge in [0.1, 0.15) is 24.5 Å². The Hall–Kier alpha value is -2.30. The summed E-state index contributed by atoms with van der Waals surface area (Å²) in [6.07, 6.45) is 2.54. The number of aryl methyl sites for hydroxylation is 1. The SMILES string of the molecule is Cc1c(C(=O)NCC[NH+]2CCOCC2)sc2ncn(CC(=O)N3CC(C)CC(C)C3)c(=O)c12. The van der Waals surface area contributed by atoms with E-state index in [1.807, 2.05) is 4.90 Å². The second-order valence-electron chi connectivity index (χ2n) is 9.53. The number of hydrogen-bond donors (Lipinski definition) is 2. The highest BCUT2D eigenvalue weighted by atomic mass is 32.1. The van der Waals surface area contributed by atoms with Crippen LogP contribution in [0.3, 0.4) is 0 Å². The summed E-state index contributed by atoms with van der Waals surface area (Å²) < 4.78 is 6.74. The Balaban J connectivity index is 1.45. The normalized spacial score (nSPS) is 22.0. The third kappa shape index (κ3) is 5.44. The van der Waals surface area contributed by atoms with Crippen LogP contribution in [0.15, 0.2) is 11.1 Å². The Kier molecular flexibility index (Phi) is 7.45. The molecule has 0 aromatic carbocycles. The van der Waals surface area contributed by atoms with E-state index in [1.54, 1.807) is 6.92 Å². The van der Waals surface area contributed by atoms with Gasteiger partial charge in [-0.15, -0.1) is 11.3 Å². The van der Waals surface area contributed by atoms with Crippen LogP contribution in [0.5, 0.6) is 0 Å². The number of quaternary nitrogens is 1. The van der Waals surface area contributed by atoms with E-state index in [-0.39, 0.29) is 23.9 Å². The third-order valence-corrected chi connectivity index (χ3v) is 7.81. The number of fused-ring (bicyclic) bond motifs is 1. The lowest BCUT2D eigenvalue weighted by atomic mass is 9.92. The molecule has 9 nitrogen and oxygen atoms in total. The van der Waals surface area contributed by atoms with Crippen molar-refractivity contribution >= 4 is 33.4 Å². The minimum atomic E-state index is -0.267. The fourth-order valence-corrected chi connectivity index (χ4v) is 6.00. The maximum absolute atomic E-state index is 13.2. The highest BCUT2D eigenvalue weighted by Gasteiger charge is 2.26. The average molecular weight is 477 g/mol. The van der Waals surface area contributed by atoms with E-state index in [0.29, 0.717) is 39.0 Å². The van der Waals surface area contributed by atoms with E-state index < -0.39 is 0 Å². The minimum absolute atomic E-state index is 0.0274. The van der Waals surface area contributed by atoms with E-state index in [9.17, 15) is 14.4 Å². The predicted octanol–water partition coefficient (Wildman–Crippen LogP) is -0.0842. The molecule has 2 atom stereocenters. The number of rotatable bonds is 6. The molecule has 2 N–H and O–H groups in total. The molecule has 2 aliphatic rings. The van der Waals surface area contributed by atoms with E-state index >= 15 is 0 Å². The van der Waals surface area contributed by atoms with E-state index in [4.69, 9.17) is 4.74 Å². The molecule has 33 heavy (non-hydrogen) atoms. The molecule has 2 aromatic heterocycles. The summed E-state index contributed by atoms with van der Waals surface area (Å²) in [6, 6.07) is 0. The molecule has 4 rings (SSSR count). The first-order valence-corrected chi connectivity index (χ1v) is 12.6. The lowest BCUT2D eigenvalue weighted by molar-refractivity contribution is -0.906. The van der Waals surface area contributed by atoms with Gasteiger partial charge in [-0.2, -0.15) is 0 Å². The van der Waals surface area contributed by atoms with Gasteiger partial charge in [0, 0.05) is 13.1 Å². The molecule has 0 radical (unpaired) electrons. The first kappa shape index (κ1) is 23.8. The van der Waals surface area contributed by atoms with Crippen molar-refractivity contribution in [2.24, 2.45) is 11.8 Å². The minimum Gasteiger partial charge on any atom is -0.370 e. The van der Waals surface area contributed by atoms with Crippen LogP contribution in [0, 0.1) is 18.8 Å². The molecule has 0 aliphatic carbocycles. The van der Waals surface area contributed by atoms with Crippen molar-refractivity contribution in [1.82, 2.24) is 19.8 Å². The van der Waals surface area contributed by atoms with Crippen LogP contribution in [0.25, 0.3) is 10.2 Å². The fraction of sp³-hybridized carbons (Fsp3) is 0.652. The number of carbonyl (C=O) groups is 2. The topological polar surface area (TPSA) is 98.0 Å². The van der Waals surface area contributed by atoms with E-state index in [0.717, 1.165) is 52.4 Å². The predicted molar refractivity (Wildman–Crippen MR) is 127 cm³/mol. The smallest absolute Gasteiger partial charge is 0.262 e. The molecule has 4 heterocycles. The lowest BCUT2D eigenvalue weighted by Crippen LogP contribution is -3.14. The van der Waals surface area contributed by atoms with Gasteiger partial charge in [0.25, 0.3) is 11.5 Å². The molecule has 180 valence electrons. The van der Waals surface area contributed by atoms with Gasteiger partial charge in [-0.05, 0) is 30.7 Å². The second kappa shape index (κ2) is 10.3. The molecule has 2 fully saturated rings. The summed E-state index contributed by atoms with van der Waals surface area (Å²) in [4.78, 5) is 47.5. The van der Waals surface area contributed by atoms with Crippen LogP contribution in [-0.2, 0) is 16.1 Å². The molecule has 2 aliphatic heterocycles. The Morgan fingerprint density at radius 3 is 2.64 bits per heavy atom. The van der Waals surface area contributed by atoms with Crippen molar-refractivity contribution in [2.75, 3.05) is 52.5 Å². The van der Waals surface area contributed by atoms with Crippen LogP contribution in [0.4, 0.5) is 0 Å². The van der Waals surface area contributed by atoms with Gasteiger partial charge in [-0.1, -0.05) is 13.8 Å². The van der Waals surface area contributed by atoms with Crippen molar-refractivity contribution in [3.05, 3.63) is 27.1 Å². The first-order chi connectivity index (χ1) is 15.8. The number of hydrogen-bond acceptors (Lipinski definition) is 6. The van der Waals surface area contributed by atoms with Gasteiger partial charge in [0.15, 0.2) is 0 Å². The van der Waals surface area contributed by atoms with Gasteiger partial charge in [-0.25, -0.2) is 4.98 Å². The number of nitrogens with zero attached hydrogens (tertiary/aromatic N) is 3. The van der Waals surface area contributed by atoms with Crippen molar-refractivity contribution in [3.63, 3.8) is 0 Å². The van der Waals surface area contributed by atoms with Crippen LogP contribution in [0.2, 0.25) is 0 Å². The van der Waals surface area contributed by atoms with Crippen LogP contribution in [-0.4, -0.2) is 78.7 Å². The quantitative estimate of drug-likeness (QED) is 0.608. The molecular formula is C23H34N5O4S+. The number of nitrogens with one attached hydrogen (secondary N) is 2. The Bertz CT molecular complexity index is 1060. The Morgan fingerprint density at radius 2 is 1.94 bits per heavy atom. The zero-order chi connectivity index (χ0) is 23.5. The molecular weight excluding hydrogens is 442 g/mol. The summed E-state index contributed by atoms with van der Waals surface area (Å²) in [5, 5.41) is 3.41. The number of piperidine rings is 1. The fourth-order valence-electron chi connectivity index (χ4n) is 4.94. The summed E-state index contributed by atoms with van der Waals surface area (Å²) in [5.41, 5.74) is 0.364. The summed E-state index contributed by atoms with van der Waals surface area (Å²) in [7, 11) is 0. The van der Waals surface area contributed by atoms with Gasteiger partial charge >= 0.3 is 0 Å².